The largest absolute Gasteiger partial charge is 0.322 e. The highest BCUT2D eigenvalue weighted by atomic mass is 32.1. The standard InChI is InChI=1S/C17H20N2O2S/c1-5-14(20)19-17-15(11(3)12(4)22-17)16(21)18-13-8-6-10(2)7-9-13/h6-9H,5H2,1-4H3,(H,18,21)(H,19,20). The molecule has 4 nitrogen and oxygen atoms in total. The molecule has 0 bridgehead atoms. The molecule has 0 spiro atoms. The molecule has 0 aliphatic rings. The van der Waals surface area contributed by atoms with E-state index in [1.807, 2.05) is 45.0 Å². The van der Waals surface area contributed by atoms with Crippen LogP contribution in [-0.4, -0.2) is 11.8 Å². The number of rotatable bonds is 4. The molecule has 2 amide bonds. The molecular formula is C17H20N2O2S. The topological polar surface area (TPSA) is 58.2 Å². The second kappa shape index (κ2) is 6.75. The maximum atomic E-state index is 12.6. The molecule has 0 fully saturated rings. The molecule has 0 radical (unpaired) electrons. The summed E-state index contributed by atoms with van der Waals surface area (Å²) in [6.07, 6.45) is 0.384. The van der Waals surface area contributed by atoms with Gasteiger partial charge in [0, 0.05) is 17.0 Å². The Morgan fingerprint density at radius 2 is 1.68 bits per heavy atom. The summed E-state index contributed by atoms with van der Waals surface area (Å²) in [6, 6.07) is 7.63. The highest BCUT2D eigenvalue weighted by Crippen LogP contribution is 2.33. The lowest BCUT2D eigenvalue weighted by atomic mass is 10.1. The van der Waals surface area contributed by atoms with Crippen molar-refractivity contribution in [3.63, 3.8) is 0 Å². The summed E-state index contributed by atoms with van der Waals surface area (Å²) in [7, 11) is 0. The zero-order chi connectivity index (χ0) is 16.3. The van der Waals surface area contributed by atoms with E-state index in [9.17, 15) is 9.59 Å². The minimum atomic E-state index is -0.197. The molecule has 1 aromatic carbocycles. The molecular weight excluding hydrogens is 296 g/mol. The van der Waals surface area contributed by atoms with Gasteiger partial charge in [-0.2, -0.15) is 0 Å². The van der Waals surface area contributed by atoms with Crippen LogP contribution >= 0.6 is 11.3 Å². The number of hydrogen-bond donors (Lipinski definition) is 2. The van der Waals surface area contributed by atoms with Gasteiger partial charge in [-0.1, -0.05) is 24.6 Å². The molecule has 0 aliphatic heterocycles. The fourth-order valence-electron chi connectivity index (χ4n) is 2.03. The van der Waals surface area contributed by atoms with Crippen LogP contribution in [0.3, 0.4) is 0 Å². The molecule has 5 heteroatoms. The number of aryl methyl sites for hydroxylation is 2. The monoisotopic (exact) mass is 316 g/mol. The van der Waals surface area contributed by atoms with Crippen molar-refractivity contribution in [1.82, 2.24) is 0 Å². The average Bonchev–Trinajstić information content (AvgIpc) is 2.76. The van der Waals surface area contributed by atoms with E-state index in [0.717, 1.165) is 21.7 Å². The lowest BCUT2D eigenvalue weighted by molar-refractivity contribution is -0.115. The molecule has 116 valence electrons. The molecule has 0 saturated heterocycles. The van der Waals surface area contributed by atoms with Crippen LogP contribution in [0.2, 0.25) is 0 Å². The van der Waals surface area contributed by atoms with Crippen molar-refractivity contribution in [2.24, 2.45) is 0 Å². The van der Waals surface area contributed by atoms with Crippen molar-refractivity contribution in [3.8, 4) is 0 Å². The van der Waals surface area contributed by atoms with Gasteiger partial charge in [-0.05, 0) is 38.5 Å². The molecule has 2 aromatic rings. The number of benzene rings is 1. The number of anilines is 2. The predicted molar refractivity (Wildman–Crippen MR) is 91.8 cm³/mol. The van der Waals surface area contributed by atoms with E-state index in [1.165, 1.54) is 11.3 Å². The first-order chi connectivity index (χ1) is 10.4. The van der Waals surface area contributed by atoms with Crippen LogP contribution in [0.5, 0.6) is 0 Å². The van der Waals surface area contributed by atoms with Crippen molar-refractivity contribution in [2.45, 2.75) is 34.1 Å². The summed E-state index contributed by atoms with van der Waals surface area (Å²) in [5.41, 5.74) is 3.33. The van der Waals surface area contributed by atoms with Gasteiger partial charge < -0.3 is 10.6 Å². The number of hydrogen-bond acceptors (Lipinski definition) is 3. The van der Waals surface area contributed by atoms with E-state index in [4.69, 9.17) is 0 Å². The zero-order valence-corrected chi connectivity index (χ0v) is 14.1. The highest BCUT2D eigenvalue weighted by Gasteiger charge is 2.20. The Labute approximate surface area is 134 Å². The fourth-order valence-corrected chi connectivity index (χ4v) is 3.11. The second-order valence-electron chi connectivity index (χ2n) is 5.21. The van der Waals surface area contributed by atoms with Gasteiger partial charge in [-0.15, -0.1) is 11.3 Å². The van der Waals surface area contributed by atoms with E-state index in [-0.39, 0.29) is 11.8 Å². The lowest BCUT2D eigenvalue weighted by Gasteiger charge is -2.08. The molecule has 1 heterocycles. The molecule has 2 rings (SSSR count). The van der Waals surface area contributed by atoms with Crippen LogP contribution < -0.4 is 10.6 Å². The summed E-state index contributed by atoms with van der Waals surface area (Å²) < 4.78 is 0. The summed E-state index contributed by atoms with van der Waals surface area (Å²) in [5, 5.41) is 6.32. The minimum absolute atomic E-state index is 0.0920. The van der Waals surface area contributed by atoms with Crippen molar-refractivity contribution < 1.29 is 9.59 Å². The van der Waals surface area contributed by atoms with Gasteiger partial charge in [-0.25, -0.2) is 0 Å². The molecule has 0 aliphatic carbocycles. The van der Waals surface area contributed by atoms with Crippen molar-refractivity contribution >= 4 is 33.8 Å². The fraction of sp³-hybridized carbons (Fsp3) is 0.294. The Morgan fingerprint density at radius 3 is 2.27 bits per heavy atom. The van der Waals surface area contributed by atoms with Crippen LogP contribution in [0, 0.1) is 20.8 Å². The highest BCUT2D eigenvalue weighted by molar-refractivity contribution is 7.16. The van der Waals surface area contributed by atoms with Crippen LogP contribution in [0.25, 0.3) is 0 Å². The van der Waals surface area contributed by atoms with Crippen LogP contribution in [0.4, 0.5) is 10.7 Å². The Hall–Kier alpha value is -2.14. The van der Waals surface area contributed by atoms with Gasteiger partial charge in [0.25, 0.3) is 5.91 Å². The van der Waals surface area contributed by atoms with Crippen LogP contribution in [0.1, 0.15) is 39.7 Å². The summed E-state index contributed by atoms with van der Waals surface area (Å²) >= 11 is 1.43. The van der Waals surface area contributed by atoms with Gasteiger partial charge in [0.05, 0.1) is 5.56 Å². The summed E-state index contributed by atoms with van der Waals surface area (Å²) in [6.45, 7) is 7.63. The third-order valence-corrected chi connectivity index (χ3v) is 4.62. The third-order valence-electron chi connectivity index (χ3n) is 3.50. The second-order valence-corrected chi connectivity index (χ2v) is 6.43. The molecule has 1 aromatic heterocycles. The smallest absolute Gasteiger partial charge is 0.258 e. The normalized spacial score (nSPS) is 10.4. The molecule has 0 unspecified atom stereocenters. The van der Waals surface area contributed by atoms with E-state index in [2.05, 4.69) is 10.6 Å². The first kappa shape index (κ1) is 16.2. The van der Waals surface area contributed by atoms with E-state index >= 15 is 0 Å². The Bertz CT molecular complexity index is 702. The van der Waals surface area contributed by atoms with Gasteiger partial charge >= 0.3 is 0 Å². The number of carbonyl (C=O) groups is 2. The van der Waals surface area contributed by atoms with Crippen molar-refractivity contribution in [1.29, 1.82) is 0 Å². The molecule has 0 atom stereocenters. The molecule has 2 N–H and O–H groups in total. The Kier molecular flexibility index (Phi) is 4.98. The first-order valence-electron chi connectivity index (χ1n) is 7.20. The number of amides is 2. The van der Waals surface area contributed by atoms with Gasteiger partial charge in [0.2, 0.25) is 5.91 Å². The zero-order valence-electron chi connectivity index (χ0n) is 13.2. The van der Waals surface area contributed by atoms with Gasteiger partial charge in [-0.3, -0.25) is 9.59 Å². The molecule has 22 heavy (non-hydrogen) atoms. The van der Waals surface area contributed by atoms with Gasteiger partial charge in [0.15, 0.2) is 0 Å². The predicted octanol–water partition coefficient (Wildman–Crippen LogP) is 4.27. The number of nitrogens with one attached hydrogen (secondary N) is 2. The Balaban J connectivity index is 2.28. The number of thiophene rings is 1. The maximum Gasteiger partial charge on any atom is 0.258 e. The molecule has 0 saturated carbocycles. The summed E-state index contributed by atoms with van der Waals surface area (Å²) in [4.78, 5) is 25.2. The third kappa shape index (κ3) is 3.54. The van der Waals surface area contributed by atoms with E-state index in [0.29, 0.717) is 17.0 Å². The quantitative estimate of drug-likeness (QED) is 0.884. The first-order valence-corrected chi connectivity index (χ1v) is 8.02. The Morgan fingerprint density at radius 1 is 1.05 bits per heavy atom. The van der Waals surface area contributed by atoms with E-state index in [1.54, 1.807) is 6.92 Å². The SMILES string of the molecule is CCC(=O)Nc1sc(C)c(C)c1C(=O)Nc1ccc(C)cc1. The number of carbonyl (C=O) groups excluding carboxylic acids is 2. The minimum Gasteiger partial charge on any atom is -0.322 e. The van der Waals surface area contributed by atoms with Crippen molar-refractivity contribution in [3.05, 3.63) is 45.8 Å². The van der Waals surface area contributed by atoms with Crippen LogP contribution in [-0.2, 0) is 4.79 Å². The summed E-state index contributed by atoms with van der Waals surface area (Å²) in [5.74, 6) is -0.289. The van der Waals surface area contributed by atoms with E-state index < -0.39 is 0 Å². The van der Waals surface area contributed by atoms with Crippen molar-refractivity contribution in [2.75, 3.05) is 10.6 Å². The maximum absolute atomic E-state index is 12.6. The average molecular weight is 316 g/mol. The van der Waals surface area contributed by atoms with Gasteiger partial charge in [0.1, 0.15) is 5.00 Å². The van der Waals surface area contributed by atoms with Crippen LogP contribution in [0.15, 0.2) is 24.3 Å². The lowest BCUT2D eigenvalue weighted by Crippen LogP contribution is -2.16.